The lowest BCUT2D eigenvalue weighted by molar-refractivity contribution is 0.380. The van der Waals surface area contributed by atoms with E-state index in [2.05, 4.69) is 10.4 Å². The fourth-order valence-electron chi connectivity index (χ4n) is 2.36. The summed E-state index contributed by atoms with van der Waals surface area (Å²) in [4.78, 5) is 0. The van der Waals surface area contributed by atoms with Gasteiger partial charge in [0.15, 0.2) is 0 Å². The van der Waals surface area contributed by atoms with Crippen LogP contribution in [0.2, 0.25) is 0 Å². The minimum Gasteiger partial charge on any atom is -0.313 e. The summed E-state index contributed by atoms with van der Waals surface area (Å²) in [5.74, 6) is 0. The van der Waals surface area contributed by atoms with E-state index in [1.165, 1.54) is 5.56 Å². The van der Waals surface area contributed by atoms with Gasteiger partial charge in [0.2, 0.25) is 10.0 Å². The zero-order valence-electron chi connectivity index (χ0n) is 10.5. The number of primary sulfonamides is 1. The fraction of sp³-hybridized carbons (Fsp3) is 0.727. The van der Waals surface area contributed by atoms with Gasteiger partial charge in [0.05, 0.1) is 11.4 Å². The zero-order valence-corrected chi connectivity index (χ0v) is 11.4. The van der Waals surface area contributed by atoms with Gasteiger partial charge in [-0.1, -0.05) is 0 Å². The highest BCUT2D eigenvalue weighted by Gasteiger charge is 2.27. The first-order chi connectivity index (χ1) is 8.45. The van der Waals surface area contributed by atoms with Crippen molar-refractivity contribution >= 4 is 10.0 Å². The Labute approximate surface area is 108 Å². The van der Waals surface area contributed by atoms with Crippen molar-refractivity contribution < 1.29 is 8.42 Å². The molecular formula is C11H20N4O2S. The molecule has 6 nitrogen and oxygen atoms in total. The average Bonchev–Trinajstić information content (AvgIpc) is 2.72. The Morgan fingerprint density at radius 2 is 2.33 bits per heavy atom. The normalized spacial score (nSPS) is 25.2. The molecule has 1 aromatic rings. The van der Waals surface area contributed by atoms with Gasteiger partial charge in [-0.15, -0.1) is 0 Å². The van der Waals surface area contributed by atoms with Crippen molar-refractivity contribution in [2.24, 2.45) is 12.2 Å². The quantitative estimate of drug-likeness (QED) is 0.791. The van der Waals surface area contributed by atoms with E-state index in [0.717, 1.165) is 19.3 Å². The van der Waals surface area contributed by atoms with Gasteiger partial charge in [0.1, 0.15) is 0 Å². The van der Waals surface area contributed by atoms with Gasteiger partial charge in [-0.05, 0) is 31.2 Å². The molecule has 0 saturated carbocycles. The number of sulfonamides is 1. The summed E-state index contributed by atoms with van der Waals surface area (Å²) in [6, 6.07) is 0.378. The minimum atomic E-state index is -3.39. The lowest BCUT2D eigenvalue weighted by atomic mass is 9.99. The van der Waals surface area contributed by atoms with Crippen LogP contribution in [0.4, 0.5) is 0 Å². The van der Waals surface area contributed by atoms with Gasteiger partial charge in [0.25, 0.3) is 0 Å². The maximum atomic E-state index is 11.2. The monoisotopic (exact) mass is 272 g/mol. The van der Waals surface area contributed by atoms with E-state index >= 15 is 0 Å². The van der Waals surface area contributed by atoms with E-state index in [-0.39, 0.29) is 0 Å². The van der Waals surface area contributed by atoms with Crippen molar-refractivity contribution in [2.45, 2.75) is 37.0 Å². The predicted octanol–water partition coefficient (Wildman–Crippen LogP) is -0.238. The number of nitrogens with one attached hydrogen (secondary N) is 1. The Kier molecular flexibility index (Phi) is 4.04. The second kappa shape index (κ2) is 5.38. The van der Waals surface area contributed by atoms with Crippen LogP contribution in [-0.2, 0) is 23.5 Å². The largest absolute Gasteiger partial charge is 0.313 e. The van der Waals surface area contributed by atoms with E-state index in [9.17, 15) is 8.42 Å². The molecule has 3 N–H and O–H groups in total. The molecule has 2 atom stereocenters. The summed E-state index contributed by atoms with van der Waals surface area (Å²) < 4.78 is 24.2. The number of hydrogen-bond acceptors (Lipinski definition) is 4. The van der Waals surface area contributed by atoms with Gasteiger partial charge in [-0.25, -0.2) is 13.6 Å². The number of aryl methyl sites for hydroxylation is 2. The number of nitrogens with two attached hydrogens (primary N) is 1. The Hall–Kier alpha value is -0.920. The van der Waals surface area contributed by atoms with Crippen LogP contribution in [0.1, 0.15) is 24.8 Å². The van der Waals surface area contributed by atoms with Gasteiger partial charge in [-0.3, -0.25) is 4.68 Å². The zero-order chi connectivity index (χ0) is 13.2. The van der Waals surface area contributed by atoms with Crippen molar-refractivity contribution in [3.63, 3.8) is 0 Å². The van der Waals surface area contributed by atoms with Crippen LogP contribution in [0, 0.1) is 0 Å². The molecule has 0 amide bonds. The summed E-state index contributed by atoms with van der Waals surface area (Å²) in [6.45, 7) is 0.469. The Bertz CT molecular complexity index is 489. The van der Waals surface area contributed by atoms with Crippen molar-refractivity contribution in [2.75, 3.05) is 6.54 Å². The summed E-state index contributed by atoms with van der Waals surface area (Å²) >= 11 is 0. The first-order valence-electron chi connectivity index (χ1n) is 6.17. The molecule has 0 aliphatic carbocycles. The van der Waals surface area contributed by atoms with Crippen LogP contribution in [0.3, 0.4) is 0 Å². The molecule has 0 radical (unpaired) electrons. The molecule has 1 aromatic heterocycles. The average molecular weight is 272 g/mol. The van der Waals surface area contributed by atoms with Gasteiger partial charge in [-0.2, -0.15) is 5.10 Å². The number of rotatable bonds is 4. The highest BCUT2D eigenvalue weighted by atomic mass is 32.2. The molecule has 2 unspecified atom stereocenters. The van der Waals surface area contributed by atoms with E-state index in [4.69, 9.17) is 5.14 Å². The lowest BCUT2D eigenvalue weighted by Gasteiger charge is -2.28. The number of piperidine rings is 1. The summed E-state index contributed by atoms with van der Waals surface area (Å²) in [5.41, 5.74) is 1.22. The van der Waals surface area contributed by atoms with E-state index in [1.807, 2.05) is 19.4 Å². The number of hydrogen-bond donors (Lipinski definition) is 2. The van der Waals surface area contributed by atoms with Gasteiger partial charge < -0.3 is 5.32 Å². The van der Waals surface area contributed by atoms with Crippen LogP contribution in [0.25, 0.3) is 0 Å². The topological polar surface area (TPSA) is 90.0 Å². The van der Waals surface area contributed by atoms with E-state index in [0.29, 0.717) is 19.0 Å². The predicted molar refractivity (Wildman–Crippen MR) is 69.4 cm³/mol. The summed E-state index contributed by atoms with van der Waals surface area (Å²) in [7, 11) is -1.49. The van der Waals surface area contributed by atoms with Crippen molar-refractivity contribution in [3.8, 4) is 0 Å². The lowest BCUT2D eigenvalue weighted by Crippen LogP contribution is -2.46. The molecule has 0 aromatic carbocycles. The first-order valence-corrected chi connectivity index (χ1v) is 7.78. The first kappa shape index (κ1) is 13.5. The fourth-order valence-corrected chi connectivity index (χ4v) is 3.15. The Morgan fingerprint density at radius 1 is 1.56 bits per heavy atom. The standard InChI is InChI=1S/C11H20N4O2S/c1-15-8-9(6-14-15)2-3-10-4-5-11(7-13-10)18(12,16)17/h6,8,10-11,13H,2-5,7H2,1H3,(H2,12,16,17). The maximum absolute atomic E-state index is 11.2. The number of nitrogens with zero attached hydrogens (tertiary/aromatic N) is 2. The molecule has 2 rings (SSSR count). The molecule has 102 valence electrons. The highest BCUT2D eigenvalue weighted by Crippen LogP contribution is 2.16. The summed E-state index contributed by atoms with van der Waals surface area (Å²) in [5, 5.41) is 12.1. The van der Waals surface area contributed by atoms with Crippen molar-refractivity contribution in [1.29, 1.82) is 0 Å². The van der Waals surface area contributed by atoms with Crippen molar-refractivity contribution in [3.05, 3.63) is 18.0 Å². The third kappa shape index (κ3) is 3.54. The minimum absolute atomic E-state index is 0.378. The van der Waals surface area contributed by atoms with Crippen LogP contribution >= 0.6 is 0 Å². The van der Waals surface area contributed by atoms with Crippen LogP contribution < -0.4 is 10.5 Å². The Morgan fingerprint density at radius 3 is 2.83 bits per heavy atom. The molecule has 7 heteroatoms. The molecule has 2 heterocycles. The third-order valence-electron chi connectivity index (χ3n) is 3.48. The molecule has 1 aliphatic heterocycles. The molecule has 18 heavy (non-hydrogen) atoms. The molecule has 0 bridgehead atoms. The molecule has 1 saturated heterocycles. The van der Waals surface area contributed by atoms with Gasteiger partial charge >= 0.3 is 0 Å². The van der Waals surface area contributed by atoms with Crippen LogP contribution in [-0.4, -0.2) is 36.0 Å². The molecule has 1 fully saturated rings. The molecule has 0 spiro atoms. The van der Waals surface area contributed by atoms with Crippen molar-refractivity contribution in [1.82, 2.24) is 15.1 Å². The van der Waals surface area contributed by atoms with Crippen LogP contribution in [0.15, 0.2) is 12.4 Å². The Balaban J connectivity index is 1.77. The molecule has 1 aliphatic rings. The summed E-state index contributed by atoms with van der Waals surface area (Å²) in [6.07, 6.45) is 7.37. The second-order valence-electron chi connectivity index (χ2n) is 4.95. The SMILES string of the molecule is Cn1cc(CCC2CCC(S(N)(=O)=O)CN2)cn1. The van der Waals surface area contributed by atoms with E-state index in [1.54, 1.807) is 4.68 Å². The highest BCUT2D eigenvalue weighted by molar-refractivity contribution is 7.89. The van der Waals surface area contributed by atoms with E-state index < -0.39 is 15.3 Å². The third-order valence-corrected chi connectivity index (χ3v) is 4.81. The maximum Gasteiger partial charge on any atom is 0.213 e. The smallest absolute Gasteiger partial charge is 0.213 e. The number of aromatic nitrogens is 2. The van der Waals surface area contributed by atoms with Crippen LogP contribution in [0.5, 0.6) is 0 Å². The van der Waals surface area contributed by atoms with Gasteiger partial charge in [0, 0.05) is 25.8 Å². The molecular weight excluding hydrogens is 252 g/mol. The second-order valence-corrected chi connectivity index (χ2v) is 6.80.